The summed E-state index contributed by atoms with van der Waals surface area (Å²) in [6.45, 7) is 4.46. The van der Waals surface area contributed by atoms with Gasteiger partial charge in [0.05, 0.1) is 6.10 Å². The van der Waals surface area contributed by atoms with E-state index in [0.29, 0.717) is 6.42 Å². The van der Waals surface area contributed by atoms with E-state index in [2.05, 4.69) is 16.9 Å². The molecular formula is C14H22N2O4S. The molecule has 6 nitrogen and oxygen atoms in total. The molecule has 7 heteroatoms. The molecule has 1 aliphatic carbocycles. The normalized spacial score (nSPS) is 40.3. The van der Waals surface area contributed by atoms with E-state index in [9.17, 15) is 15.3 Å². The van der Waals surface area contributed by atoms with Gasteiger partial charge in [0.2, 0.25) is 0 Å². The summed E-state index contributed by atoms with van der Waals surface area (Å²) in [5.74, 6) is 0.731. The number of rotatable bonds is 5. The number of hydrogen-bond acceptors (Lipinski definition) is 7. The topological polar surface area (TPSA) is 94.3 Å². The molecule has 0 aromatic carbocycles. The number of fused-ring (bicyclic) bond motifs is 1. The number of thioether (sulfide) groups is 1. The second-order valence-corrected chi connectivity index (χ2v) is 7.00. The molecular weight excluding hydrogens is 292 g/mol. The van der Waals surface area contributed by atoms with Gasteiger partial charge in [0.15, 0.2) is 5.17 Å². The Morgan fingerprint density at radius 2 is 2.19 bits per heavy atom. The highest BCUT2D eigenvalue weighted by molar-refractivity contribution is 8.14. The van der Waals surface area contributed by atoms with Crippen molar-refractivity contribution in [2.45, 2.75) is 55.2 Å². The Morgan fingerprint density at radius 3 is 2.86 bits per heavy atom. The van der Waals surface area contributed by atoms with Gasteiger partial charge in [-0.2, -0.15) is 0 Å². The average molecular weight is 314 g/mol. The summed E-state index contributed by atoms with van der Waals surface area (Å²) in [6, 6.07) is -0.487. The van der Waals surface area contributed by atoms with Crippen LogP contribution in [0.25, 0.3) is 0 Å². The summed E-state index contributed by atoms with van der Waals surface area (Å²) in [6.07, 6.45) is 0.525. The van der Waals surface area contributed by atoms with E-state index in [1.165, 1.54) is 24.6 Å². The van der Waals surface area contributed by atoms with Crippen LogP contribution in [-0.4, -0.2) is 62.9 Å². The van der Waals surface area contributed by atoms with Gasteiger partial charge in [-0.3, -0.25) is 4.99 Å². The molecule has 6 atom stereocenters. The van der Waals surface area contributed by atoms with E-state index >= 15 is 0 Å². The highest BCUT2D eigenvalue weighted by Gasteiger charge is 2.50. The van der Waals surface area contributed by atoms with E-state index in [0.717, 1.165) is 17.6 Å². The molecule has 2 aliphatic heterocycles. The first kappa shape index (κ1) is 15.3. The molecule has 0 aromatic heterocycles. The van der Waals surface area contributed by atoms with Gasteiger partial charge in [-0.25, -0.2) is 0 Å². The lowest BCUT2D eigenvalue weighted by Crippen LogP contribution is -2.58. The number of amidine groups is 1. The first-order chi connectivity index (χ1) is 10.1. The molecule has 2 heterocycles. The first-order valence-electron chi connectivity index (χ1n) is 7.39. The van der Waals surface area contributed by atoms with Crippen molar-refractivity contribution in [3.63, 3.8) is 0 Å². The SMILES string of the molecule is C=CC[C@@H](O)[C@@H]1O[C@@H]2SC(NCC3CC3)=N[C@@H]2[C@@H](O)[C@@H]1O. The summed E-state index contributed by atoms with van der Waals surface area (Å²) >= 11 is 1.42. The number of aliphatic hydroxyl groups is 3. The third kappa shape index (κ3) is 3.27. The van der Waals surface area contributed by atoms with Crippen LogP contribution in [0.15, 0.2) is 17.6 Å². The Hall–Kier alpha value is -0.600. The second-order valence-electron chi connectivity index (χ2n) is 5.91. The Morgan fingerprint density at radius 1 is 1.43 bits per heavy atom. The van der Waals surface area contributed by atoms with Gasteiger partial charge < -0.3 is 25.4 Å². The van der Waals surface area contributed by atoms with Crippen LogP contribution in [0.4, 0.5) is 0 Å². The summed E-state index contributed by atoms with van der Waals surface area (Å²) in [7, 11) is 0. The minimum atomic E-state index is -1.15. The molecule has 0 amide bonds. The van der Waals surface area contributed by atoms with Crippen LogP contribution in [0.3, 0.4) is 0 Å². The number of nitrogens with zero attached hydrogens (tertiary/aromatic N) is 1. The van der Waals surface area contributed by atoms with Gasteiger partial charge in [0.25, 0.3) is 0 Å². The Kier molecular flexibility index (Phi) is 4.56. The molecule has 2 fully saturated rings. The maximum atomic E-state index is 10.2. The van der Waals surface area contributed by atoms with Crippen molar-refractivity contribution in [1.29, 1.82) is 0 Å². The molecule has 0 aromatic rings. The standard InChI is InChI=1S/C14H22N2O4S/c1-2-3-8(17)12-11(19)10(18)9-13(20-12)21-14(16-9)15-6-7-4-5-7/h2,7-13,17-19H,1,3-6H2,(H,15,16)/t8-,9-,10-,11+,12+,13-/m1/s1. The fourth-order valence-electron chi connectivity index (χ4n) is 2.65. The highest BCUT2D eigenvalue weighted by atomic mass is 32.2. The predicted octanol–water partition coefficient (Wildman–Crippen LogP) is -0.159. The maximum Gasteiger partial charge on any atom is 0.159 e. The van der Waals surface area contributed by atoms with Crippen molar-refractivity contribution in [2.24, 2.45) is 10.9 Å². The van der Waals surface area contributed by atoms with Crippen LogP contribution in [0.2, 0.25) is 0 Å². The number of nitrogens with one attached hydrogen (secondary N) is 1. The van der Waals surface area contributed by atoms with E-state index < -0.39 is 30.5 Å². The molecule has 0 unspecified atom stereocenters. The van der Waals surface area contributed by atoms with Gasteiger partial charge in [0.1, 0.15) is 29.8 Å². The smallest absolute Gasteiger partial charge is 0.159 e. The van der Waals surface area contributed by atoms with Crippen LogP contribution in [0, 0.1) is 5.92 Å². The monoisotopic (exact) mass is 314 g/mol. The van der Waals surface area contributed by atoms with Gasteiger partial charge in [-0.05, 0) is 25.2 Å². The van der Waals surface area contributed by atoms with E-state index in [-0.39, 0.29) is 5.44 Å². The second kappa shape index (κ2) is 6.26. The molecule has 1 saturated carbocycles. The van der Waals surface area contributed by atoms with Crippen LogP contribution in [0.1, 0.15) is 19.3 Å². The van der Waals surface area contributed by atoms with Crippen molar-refractivity contribution < 1.29 is 20.1 Å². The predicted molar refractivity (Wildman–Crippen MR) is 81.0 cm³/mol. The highest BCUT2D eigenvalue weighted by Crippen LogP contribution is 2.37. The molecule has 1 saturated heterocycles. The Bertz CT molecular complexity index is 429. The van der Waals surface area contributed by atoms with Crippen molar-refractivity contribution >= 4 is 16.9 Å². The first-order valence-corrected chi connectivity index (χ1v) is 8.27. The minimum Gasteiger partial charge on any atom is -0.390 e. The largest absolute Gasteiger partial charge is 0.390 e. The molecule has 0 bridgehead atoms. The zero-order valence-corrected chi connectivity index (χ0v) is 12.6. The third-order valence-corrected chi connectivity index (χ3v) is 5.22. The fraction of sp³-hybridized carbons (Fsp3) is 0.786. The van der Waals surface area contributed by atoms with Gasteiger partial charge in [-0.15, -0.1) is 6.58 Å². The van der Waals surface area contributed by atoms with E-state index in [1.807, 2.05) is 0 Å². The number of aliphatic imine (C=N–C) groups is 1. The van der Waals surface area contributed by atoms with Gasteiger partial charge in [-0.1, -0.05) is 17.8 Å². The van der Waals surface area contributed by atoms with E-state index in [1.54, 1.807) is 6.08 Å². The lowest BCUT2D eigenvalue weighted by atomic mass is 9.94. The minimum absolute atomic E-state index is 0.310. The molecule has 4 N–H and O–H groups in total. The maximum absolute atomic E-state index is 10.2. The van der Waals surface area contributed by atoms with Crippen molar-refractivity contribution in [3.05, 3.63) is 12.7 Å². The zero-order valence-electron chi connectivity index (χ0n) is 11.8. The summed E-state index contributed by atoms with van der Waals surface area (Å²) in [4.78, 5) is 4.41. The molecule has 118 valence electrons. The van der Waals surface area contributed by atoms with Gasteiger partial charge >= 0.3 is 0 Å². The zero-order chi connectivity index (χ0) is 15.0. The quantitative estimate of drug-likeness (QED) is 0.527. The fourth-order valence-corrected chi connectivity index (χ4v) is 3.76. The van der Waals surface area contributed by atoms with E-state index in [4.69, 9.17) is 4.74 Å². The van der Waals surface area contributed by atoms with Crippen molar-refractivity contribution in [1.82, 2.24) is 5.32 Å². The number of hydrogen-bond donors (Lipinski definition) is 4. The molecule has 0 radical (unpaired) electrons. The lowest BCUT2D eigenvalue weighted by Gasteiger charge is -2.40. The van der Waals surface area contributed by atoms with Crippen molar-refractivity contribution in [3.8, 4) is 0 Å². The van der Waals surface area contributed by atoms with Crippen LogP contribution in [-0.2, 0) is 4.74 Å². The van der Waals surface area contributed by atoms with Crippen LogP contribution >= 0.6 is 11.8 Å². The third-order valence-electron chi connectivity index (χ3n) is 4.13. The van der Waals surface area contributed by atoms with Crippen molar-refractivity contribution in [2.75, 3.05) is 6.54 Å². The average Bonchev–Trinajstić information content (AvgIpc) is 3.20. The summed E-state index contributed by atoms with van der Waals surface area (Å²) in [5, 5.41) is 34.4. The summed E-state index contributed by atoms with van der Waals surface area (Å²) in [5.41, 5.74) is -0.366. The van der Waals surface area contributed by atoms with Gasteiger partial charge in [0, 0.05) is 6.54 Å². The Balaban J connectivity index is 1.62. The Labute approximate surface area is 128 Å². The summed E-state index contributed by atoms with van der Waals surface area (Å²) < 4.78 is 5.76. The number of aliphatic hydroxyl groups excluding tert-OH is 3. The number of ether oxygens (including phenoxy) is 1. The molecule has 0 spiro atoms. The molecule has 3 rings (SSSR count). The molecule has 3 aliphatic rings. The lowest BCUT2D eigenvalue weighted by molar-refractivity contribution is -0.184. The van der Waals surface area contributed by atoms with Crippen LogP contribution < -0.4 is 5.32 Å². The van der Waals surface area contributed by atoms with Crippen LogP contribution in [0.5, 0.6) is 0 Å². The molecule has 21 heavy (non-hydrogen) atoms.